The van der Waals surface area contributed by atoms with Gasteiger partial charge >= 0.3 is 5.97 Å². The van der Waals surface area contributed by atoms with Crippen LogP contribution in [0.15, 0.2) is 30.3 Å². The first-order chi connectivity index (χ1) is 13.5. The maximum absolute atomic E-state index is 12.8. The molecule has 0 aromatic heterocycles. The molecule has 0 spiro atoms. The third-order valence-corrected chi connectivity index (χ3v) is 6.04. The summed E-state index contributed by atoms with van der Waals surface area (Å²) >= 11 is 0. The fourth-order valence-corrected chi connectivity index (χ4v) is 4.28. The van der Waals surface area contributed by atoms with E-state index in [9.17, 15) is 14.4 Å². The van der Waals surface area contributed by atoms with Crippen LogP contribution in [-0.4, -0.2) is 41.3 Å². The van der Waals surface area contributed by atoms with Crippen LogP contribution in [0.25, 0.3) is 6.08 Å². The van der Waals surface area contributed by atoms with Crippen molar-refractivity contribution in [3.8, 4) is 0 Å². The summed E-state index contributed by atoms with van der Waals surface area (Å²) in [7, 11) is 1.94. The fourth-order valence-electron chi connectivity index (χ4n) is 3.89. The van der Waals surface area contributed by atoms with Crippen LogP contribution in [0.2, 0.25) is 6.04 Å². The highest BCUT2D eigenvalue weighted by molar-refractivity contribution is 6.27. The monoisotopic (exact) mass is 399 g/mol. The van der Waals surface area contributed by atoms with Crippen molar-refractivity contribution in [3.05, 3.63) is 35.9 Å². The Morgan fingerprint density at radius 2 is 1.89 bits per heavy atom. The molecule has 6 nitrogen and oxygen atoms in total. The number of anilines is 1. The number of nitrogens with zero attached hydrogens (tertiary/aromatic N) is 1. The Morgan fingerprint density at radius 3 is 2.61 bits per heavy atom. The SMILES string of the molecule is CO[Si]CCOC(=O)C=Cc1ccc(N2C(=O)C3CCC(C)CC3C2=O)cc1. The van der Waals surface area contributed by atoms with Gasteiger partial charge in [-0.1, -0.05) is 19.1 Å². The second-order valence-electron chi connectivity index (χ2n) is 7.33. The predicted octanol–water partition coefficient (Wildman–Crippen LogP) is 2.85. The second-order valence-corrected chi connectivity index (χ2v) is 8.53. The van der Waals surface area contributed by atoms with Crippen molar-refractivity contribution in [2.45, 2.75) is 32.2 Å². The summed E-state index contributed by atoms with van der Waals surface area (Å²) in [5.41, 5.74) is 1.39. The molecule has 1 aromatic carbocycles. The number of benzene rings is 1. The Bertz CT molecular complexity index is 761. The molecule has 2 radical (unpaired) electrons. The molecular weight excluding hydrogens is 374 g/mol. The lowest BCUT2D eigenvalue weighted by atomic mass is 9.76. The zero-order chi connectivity index (χ0) is 20.1. The van der Waals surface area contributed by atoms with Crippen LogP contribution in [0.5, 0.6) is 0 Å². The average molecular weight is 400 g/mol. The van der Waals surface area contributed by atoms with Gasteiger partial charge in [0.15, 0.2) is 0 Å². The predicted molar refractivity (Wildman–Crippen MR) is 106 cm³/mol. The van der Waals surface area contributed by atoms with Crippen molar-refractivity contribution >= 4 is 39.3 Å². The number of hydrogen-bond donors (Lipinski definition) is 0. The molecule has 1 aromatic rings. The summed E-state index contributed by atoms with van der Waals surface area (Å²) in [6.07, 6.45) is 5.60. The smallest absolute Gasteiger partial charge is 0.330 e. The first kappa shape index (κ1) is 20.5. The van der Waals surface area contributed by atoms with Gasteiger partial charge in [0.25, 0.3) is 0 Å². The molecule has 28 heavy (non-hydrogen) atoms. The number of amides is 2. The number of esters is 1. The molecule has 1 aliphatic carbocycles. The van der Waals surface area contributed by atoms with E-state index in [0.717, 1.165) is 24.8 Å². The Morgan fingerprint density at radius 1 is 1.18 bits per heavy atom. The van der Waals surface area contributed by atoms with Crippen LogP contribution in [0.3, 0.4) is 0 Å². The largest absolute Gasteiger partial charge is 0.463 e. The van der Waals surface area contributed by atoms with Gasteiger partial charge in [-0.15, -0.1) is 0 Å². The van der Waals surface area contributed by atoms with Gasteiger partial charge in [-0.25, -0.2) is 4.79 Å². The molecule has 1 aliphatic heterocycles. The van der Waals surface area contributed by atoms with Crippen molar-refractivity contribution in [1.82, 2.24) is 0 Å². The number of rotatable bonds is 7. The van der Waals surface area contributed by atoms with E-state index < -0.39 is 5.97 Å². The van der Waals surface area contributed by atoms with E-state index in [1.165, 1.54) is 11.0 Å². The molecule has 1 saturated carbocycles. The number of fused-ring (bicyclic) bond motifs is 1. The van der Waals surface area contributed by atoms with Crippen LogP contribution >= 0.6 is 0 Å². The minimum absolute atomic E-state index is 0.0782. The van der Waals surface area contributed by atoms with Gasteiger partial charge in [-0.2, -0.15) is 0 Å². The summed E-state index contributed by atoms with van der Waals surface area (Å²) in [5, 5.41) is 0. The third kappa shape index (κ3) is 4.59. The Balaban J connectivity index is 1.61. The van der Waals surface area contributed by atoms with Crippen molar-refractivity contribution in [2.24, 2.45) is 17.8 Å². The first-order valence-corrected chi connectivity index (χ1v) is 10.7. The molecule has 3 unspecified atom stereocenters. The zero-order valence-corrected chi connectivity index (χ0v) is 17.2. The van der Waals surface area contributed by atoms with Crippen molar-refractivity contribution in [3.63, 3.8) is 0 Å². The lowest BCUT2D eigenvalue weighted by molar-refractivity contribution is -0.137. The number of carbonyl (C=O) groups excluding carboxylic acids is 3. The molecule has 0 N–H and O–H groups in total. The van der Waals surface area contributed by atoms with Gasteiger partial charge in [0, 0.05) is 13.2 Å². The summed E-state index contributed by atoms with van der Waals surface area (Å²) in [6, 6.07) is 7.76. The van der Waals surface area contributed by atoms with Gasteiger partial charge in [-0.05, 0) is 55.0 Å². The number of ether oxygens (including phenoxy) is 1. The highest BCUT2D eigenvalue weighted by Gasteiger charge is 2.49. The minimum atomic E-state index is -0.409. The highest BCUT2D eigenvalue weighted by Crippen LogP contribution is 2.42. The summed E-state index contributed by atoms with van der Waals surface area (Å²) in [5.74, 6) is -0.426. The van der Waals surface area contributed by atoms with Gasteiger partial charge in [-0.3, -0.25) is 14.5 Å². The van der Waals surface area contributed by atoms with Crippen molar-refractivity contribution in [2.75, 3.05) is 18.6 Å². The Hall–Kier alpha value is -2.25. The van der Waals surface area contributed by atoms with Crippen molar-refractivity contribution in [1.29, 1.82) is 0 Å². The summed E-state index contributed by atoms with van der Waals surface area (Å²) in [6.45, 7) is 2.47. The normalized spacial score (nSPS) is 24.6. The standard InChI is InChI=1S/C21H25NO5Si/c1-14-3-9-17-18(13-14)21(25)22(20(17)24)16-7-4-15(5-8-16)6-10-19(23)27-11-12-28-26-2/h4-8,10,14,17-18H,3,9,11-13H2,1-2H3. The van der Waals surface area contributed by atoms with Gasteiger partial charge in [0.1, 0.15) is 0 Å². The Labute approximate surface area is 167 Å². The van der Waals surface area contributed by atoms with E-state index in [4.69, 9.17) is 9.16 Å². The molecule has 2 amide bonds. The molecule has 7 heteroatoms. The maximum atomic E-state index is 12.8. The van der Waals surface area contributed by atoms with E-state index in [1.54, 1.807) is 37.5 Å². The highest BCUT2D eigenvalue weighted by atomic mass is 28.2. The first-order valence-electron chi connectivity index (χ1n) is 9.59. The van der Waals surface area contributed by atoms with Gasteiger partial charge in [0.05, 0.1) is 24.1 Å². The molecule has 1 saturated heterocycles. The minimum Gasteiger partial charge on any atom is -0.463 e. The average Bonchev–Trinajstić information content (AvgIpc) is 2.94. The van der Waals surface area contributed by atoms with E-state index in [0.29, 0.717) is 34.0 Å². The van der Waals surface area contributed by atoms with Crippen molar-refractivity contribution < 1.29 is 23.5 Å². The summed E-state index contributed by atoms with van der Waals surface area (Å²) < 4.78 is 9.99. The molecular formula is C21H25NO5Si. The van der Waals surface area contributed by atoms with Crippen LogP contribution in [0.4, 0.5) is 5.69 Å². The molecule has 3 atom stereocenters. The third-order valence-electron chi connectivity index (χ3n) is 5.34. The van der Waals surface area contributed by atoms with Gasteiger partial charge < -0.3 is 9.16 Å². The number of carbonyl (C=O) groups is 3. The fraction of sp³-hybridized carbons (Fsp3) is 0.476. The molecule has 0 bridgehead atoms. The van der Waals surface area contributed by atoms with Crippen LogP contribution in [0.1, 0.15) is 31.7 Å². The van der Waals surface area contributed by atoms with E-state index in [-0.39, 0.29) is 23.7 Å². The van der Waals surface area contributed by atoms with E-state index >= 15 is 0 Å². The van der Waals surface area contributed by atoms with E-state index in [2.05, 4.69) is 6.92 Å². The van der Waals surface area contributed by atoms with Crippen LogP contribution in [-0.2, 0) is 23.5 Å². The van der Waals surface area contributed by atoms with Crippen LogP contribution < -0.4 is 4.90 Å². The lowest BCUT2D eigenvalue weighted by Crippen LogP contribution is -2.30. The second kappa shape index (κ2) is 9.30. The van der Waals surface area contributed by atoms with Crippen LogP contribution in [0, 0.1) is 17.8 Å². The number of hydrogen-bond acceptors (Lipinski definition) is 5. The molecule has 148 valence electrons. The zero-order valence-electron chi connectivity index (χ0n) is 16.2. The van der Waals surface area contributed by atoms with E-state index in [1.807, 2.05) is 0 Å². The quantitative estimate of drug-likeness (QED) is 0.232. The molecule has 2 aliphatic rings. The molecule has 3 rings (SSSR count). The molecule has 2 fully saturated rings. The molecule has 1 heterocycles. The number of imide groups is 1. The maximum Gasteiger partial charge on any atom is 0.330 e. The summed E-state index contributed by atoms with van der Waals surface area (Å²) in [4.78, 5) is 38.5. The topological polar surface area (TPSA) is 72.9 Å². The Kier molecular flexibility index (Phi) is 6.80. The van der Waals surface area contributed by atoms with Gasteiger partial charge in [0.2, 0.25) is 21.6 Å². The lowest BCUT2D eigenvalue weighted by Gasteiger charge is -2.25.